The third-order valence-corrected chi connectivity index (χ3v) is 1.90. The number of nitrogens with zero attached hydrogens (tertiary/aromatic N) is 2. The van der Waals surface area contributed by atoms with Crippen LogP contribution in [-0.4, -0.2) is 28.0 Å². The molecule has 0 bridgehead atoms. The largest absolute Gasteiger partial charge is 0.353 e. The van der Waals surface area contributed by atoms with Gasteiger partial charge in [0.05, 0.1) is 12.4 Å². The first kappa shape index (κ1) is 11.3. The lowest BCUT2D eigenvalue weighted by Crippen LogP contribution is -2.41. The number of rotatable bonds is 5. The predicted octanol–water partition coefficient (Wildman–Crippen LogP) is -0.650. The van der Waals surface area contributed by atoms with Crippen molar-refractivity contribution < 1.29 is 4.79 Å². The van der Waals surface area contributed by atoms with Gasteiger partial charge >= 0.3 is 0 Å². The van der Waals surface area contributed by atoms with E-state index in [4.69, 9.17) is 12.2 Å². The van der Waals surface area contributed by atoms with Gasteiger partial charge in [-0.05, 0) is 0 Å². The Labute approximate surface area is 88.7 Å². The van der Waals surface area contributed by atoms with E-state index in [9.17, 15) is 4.79 Å². The molecule has 0 spiro atoms. The molecular weight excluding hydrogens is 192 g/mol. The van der Waals surface area contributed by atoms with Crippen LogP contribution in [0.2, 0.25) is 0 Å². The van der Waals surface area contributed by atoms with E-state index in [1.54, 1.807) is 12.5 Å². The van der Waals surface area contributed by atoms with Crippen molar-refractivity contribution in [2.75, 3.05) is 6.54 Å². The number of hydrogen-bond donors (Lipinski definition) is 2. The molecule has 1 heterocycles. The summed E-state index contributed by atoms with van der Waals surface area (Å²) in [5, 5.41) is 2.70. The van der Waals surface area contributed by atoms with Crippen LogP contribution in [-0.2, 0) is 11.3 Å². The Balaban J connectivity index is 2.20. The van der Waals surface area contributed by atoms with Crippen LogP contribution >= 0.6 is 0 Å². The number of carbonyl (C=O) groups excluding carboxylic acids is 1. The van der Waals surface area contributed by atoms with Crippen molar-refractivity contribution in [2.45, 2.75) is 19.0 Å². The molecule has 0 radical (unpaired) electrons. The van der Waals surface area contributed by atoms with Crippen molar-refractivity contribution >= 4 is 5.91 Å². The fourth-order valence-electron chi connectivity index (χ4n) is 1.08. The molecule has 5 heteroatoms. The third-order valence-electron chi connectivity index (χ3n) is 1.90. The fourth-order valence-corrected chi connectivity index (χ4v) is 1.08. The van der Waals surface area contributed by atoms with Crippen LogP contribution in [0, 0.1) is 12.3 Å². The zero-order valence-corrected chi connectivity index (χ0v) is 8.39. The molecule has 1 unspecified atom stereocenters. The number of imidazole rings is 1. The van der Waals surface area contributed by atoms with Gasteiger partial charge in [0.2, 0.25) is 5.91 Å². The topological polar surface area (TPSA) is 72.9 Å². The lowest BCUT2D eigenvalue weighted by molar-refractivity contribution is -0.122. The van der Waals surface area contributed by atoms with E-state index in [1.807, 2.05) is 10.8 Å². The predicted molar refractivity (Wildman–Crippen MR) is 56.7 cm³/mol. The Kier molecular flexibility index (Phi) is 4.38. The molecule has 80 valence electrons. The normalized spacial score (nSPS) is 11.7. The molecule has 3 N–H and O–H groups in total. The fraction of sp³-hybridized carbons (Fsp3) is 0.400. The van der Waals surface area contributed by atoms with Crippen molar-refractivity contribution in [3.8, 4) is 12.3 Å². The Morgan fingerprint density at radius 2 is 2.53 bits per heavy atom. The van der Waals surface area contributed by atoms with Crippen LogP contribution in [0.25, 0.3) is 0 Å². The summed E-state index contributed by atoms with van der Waals surface area (Å²) in [6.07, 6.45) is 10.5. The molecule has 15 heavy (non-hydrogen) atoms. The van der Waals surface area contributed by atoms with Crippen molar-refractivity contribution in [1.29, 1.82) is 0 Å². The second-order valence-electron chi connectivity index (χ2n) is 3.11. The summed E-state index contributed by atoms with van der Waals surface area (Å²) in [7, 11) is 0. The minimum atomic E-state index is -0.613. The third kappa shape index (κ3) is 3.83. The summed E-state index contributed by atoms with van der Waals surface area (Å²) in [5.74, 6) is 2.14. The molecular formula is C10H14N4O. The molecule has 0 aromatic carbocycles. The number of aromatic nitrogens is 2. The summed E-state index contributed by atoms with van der Waals surface area (Å²) in [6, 6.07) is -0.613. The highest BCUT2D eigenvalue weighted by Gasteiger charge is 2.10. The van der Waals surface area contributed by atoms with Crippen LogP contribution in [0.15, 0.2) is 18.7 Å². The molecule has 1 atom stereocenters. The van der Waals surface area contributed by atoms with E-state index in [-0.39, 0.29) is 12.3 Å². The lowest BCUT2D eigenvalue weighted by Gasteiger charge is -2.09. The van der Waals surface area contributed by atoms with E-state index in [2.05, 4.69) is 16.2 Å². The average molecular weight is 206 g/mol. The number of nitrogens with two attached hydrogens (primary N) is 1. The maximum atomic E-state index is 11.3. The Bertz CT molecular complexity index is 339. The highest BCUT2D eigenvalue weighted by atomic mass is 16.2. The summed E-state index contributed by atoms with van der Waals surface area (Å²) in [4.78, 5) is 15.2. The summed E-state index contributed by atoms with van der Waals surface area (Å²) >= 11 is 0. The van der Waals surface area contributed by atoms with Gasteiger partial charge in [0, 0.05) is 31.9 Å². The smallest absolute Gasteiger partial charge is 0.237 e. The number of terminal acetylenes is 1. The van der Waals surface area contributed by atoms with Crippen molar-refractivity contribution in [3.05, 3.63) is 18.7 Å². The molecule has 0 fully saturated rings. The van der Waals surface area contributed by atoms with Gasteiger partial charge in [-0.3, -0.25) is 4.79 Å². The molecule has 1 aromatic heterocycles. The molecule has 0 saturated heterocycles. The minimum absolute atomic E-state index is 0.215. The first-order chi connectivity index (χ1) is 7.24. The van der Waals surface area contributed by atoms with E-state index in [0.717, 1.165) is 0 Å². The number of carbonyl (C=O) groups is 1. The van der Waals surface area contributed by atoms with Crippen LogP contribution in [0.1, 0.15) is 6.42 Å². The summed E-state index contributed by atoms with van der Waals surface area (Å²) in [6.45, 7) is 1.20. The second-order valence-corrected chi connectivity index (χ2v) is 3.11. The van der Waals surface area contributed by atoms with Gasteiger partial charge in [-0.25, -0.2) is 4.98 Å². The van der Waals surface area contributed by atoms with Gasteiger partial charge in [-0.15, -0.1) is 12.3 Å². The SMILES string of the molecule is C#CCC(N)C(=O)NCCn1ccnc1. The monoisotopic (exact) mass is 206 g/mol. The van der Waals surface area contributed by atoms with E-state index in [1.165, 1.54) is 0 Å². The van der Waals surface area contributed by atoms with E-state index in [0.29, 0.717) is 13.1 Å². The number of amides is 1. The second kappa shape index (κ2) is 5.83. The molecule has 1 aromatic rings. The maximum Gasteiger partial charge on any atom is 0.237 e. The van der Waals surface area contributed by atoms with Gasteiger partial charge < -0.3 is 15.6 Å². The highest BCUT2D eigenvalue weighted by molar-refractivity contribution is 5.81. The van der Waals surface area contributed by atoms with Gasteiger partial charge in [0.25, 0.3) is 0 Å². The quantitative estimate of drug-likeness (QED) is 0.629. The first-order valence-corrected chi connectivity index (χ1v) is 4.66. The molecule has 5 nitrogen and oxygen atoms in total. The van der Waals surface area contributed by atoms with Gasteiger partial charge in [-0.1, -0.05) is 0 Å². The van der Waals surface area contributed by atoms with Crippen LogP contribution in [0.3, 0.4) is 0 Å². The summed E-state index contributed by atoms with van der Waals surface area (Å²) < 4.78 is 1.87. The average Bonchev–Trinajstić information content (AvgIpc) is 2.71. The maximum absolute atomic E-state index is 11.3. The van der Waals surface area contributed by atoms with Crippen molar-refractivity contribution in [1.82, 2.24) is 14.9 Å². The zero-order chi connectivity index (χ0) is 11.1. The zero-order valence-electron chi connectivity index (χ0n) is 8.39. The Hall–Kier alpha value is -1.80. The Morgan fingerprint density at radius 1 is 1.73 bits per heavy atom. The number of nitrogens with one attached hydrogen (secondary N) is 1. The van der Waals surface area contributed by atoms with Crippen LogP contribution in [0.5, 0.6) is 0 Å². The van der Waals surface area contributed by atoms with Crippen molar-refractivity contribution in [2.24, 2.45) is 5.73 Å². The van der Waals surface area contributed by atoms with E-state index >= 15 is 0 Å². The van der Waals surface area contributed by atoms with Crippen LogP contribution < -0.4 is 11.1 Å². The molecule has 1 rings (SSSR count). The lowest BCUT2D eigenvalue weighted by atomic mass is 10.2. The number of hydrogen-bond acceptors (Lipinski definition) is 3. The Morgan fingerprint density at radius 3 is 3.13 bits per heavy atom. The van der Waals surface area contributed by atoms with Gasteiger partial charge in [0.1, 0.15) is 0 Å². The highest BCUT2D eigenvalue weighted by Crippen LogP contribution is 1.87. The molecule has 0 aliphatic heterocycles. The van der Waals surface area contributed by atoms with Crippen molar-refractivity contribution in [3.63, 3.8) is 0 Å². The molecule has 0 saturated carbocycles. The molecule has 0 aliphatic carbocycles. The first-order valence-electron chi connectivity index (χ1n) is 4.66. The summed E-state index contributed by atoms with van der Waals surface area (Å²) in [5.41, 5.74) is 5.51. The minimum Gasteiger partial charge on any atom is -0.353 e. The van der Waals surface area contributed by atoms with Gasteiger partial charge in [-0.2, -0.15) is 0 Å². The molecule has 1 amide bonds. The standard InChI is InChI=1S/C10H14N4O/c1-2-3-9(11)10(15)13-5-7-14-6-4-12-8-14/h1,4,6,8-9H,3,5,7,11H2,(H,13,15). The van der Waals surface area contributed by atoms with E-state index < -0.39 is 6.04 Å². The van der Waals surface area contributed by atoms with Gasteiger partial charge in [0.15, 0.2) is 0 Å². The molecule has 0 aliphatic rings. The van der Waals surface area contributed by atoms with Crippen LogP contribution in [0.4, 0.5) is 0 Å².